The van der Waals surface area contributed by atoms with Crippen molar-refractivity contribution in [1.82, 2.24) is 10.2 Å². The monoisotopic (exact) mass is 288 g/mol. The number of nitrogens with zero attached hydrogens (tertiary/aromatic N) is 1. The normalized spacial score (nSPS) is 15.7. The average molecular weight is 288 g/mol. The lowest BCUT2D eigenvalue weighted by Crippen LogP contribution is -2.40. The number of nitrogens with one attached hydrogen (secondary N) is 1. The molecule has 0 atom stereocenters. The number of hydrogen-bond donors (Lipinski definition) is 1. The number of carbonyl (C=O) groups excluding carboxylic acids is 1. The minimum atomic E-state index is 0.240. The highest BCUT2D eigenvalue weighted by molar-refractivity contribution is 7.17. The Labute approximate surface area is 123 Å². The van der Waals surface area contributed by atoms with Crippen LogP contribution in [0.1, 0.15) is 24.8 Å². The molecule has 0 saturated carbocycles. The summed E-state index contributed by atoms with van der Waals surface area (Å²) in [4.78, 5) is 14.0. The molecule has 106 valence electrons. The lowest BCUT2D eigenvalue weighted by molar-refractivity contribution is -0.131. The number of carbonyl (C=O) groups is 1. The number of amides is 1. The minimum Gasteiger partial charge on any atom is -0.342 e. The quantitative estimate of drug-likeness (QED) is 0.938. The SMILES string of the molecule is O=C(CNCc1csc2ccccc12)N1CCCCC1. The molecule has 1 amide bonds. The molecule has 0 aliphatic carbocycles. The summed E-state index contributed by atoms with van der Waals surface area (Å²) in [5.74, 6) is 0.240. The van der Waals surface area contributed by atoms with E-state index in [9.17, 15) is 4.79 Å². The Morgan fingerprint density at radius 1 is 1.20 bits per heavy atom. The van der Waals surface area contributed by atoms with Crippen LogP contribution in [0.15, 0.2) is 29.6 Å². The van der Waals surface area contributed by atoms with Gasteiger partial charge >= 0.3 is 0 Å². The van der Waals surface area contributed by atoms with E-state index in [1.165, 1.54) is 22.1 Å². The first kappa shape index (κ1) is 13.6. The molecule has 1 fully saturated rings. The van der Waals surface area contributed by atoms with E-state index in [0.717, 1.165) is 32.5 Å². The zero-order valence-electron chi connectivity index (χ0n) is 11.6. The van der Waals surface area contributed by atoms with Crippen molar-refractivity contribution >= 4 is 27.3 Å². The molecule has 20 heavy (non-hydrogen) atoms. The van der Waals surface area contributed by atoms with E-state index in [0.29, 0.717) is 6.54 Å². The summed E-state index contributed by atoms with van der Waals surface area (Å²) in [6, 6.07) is 8.42. The number of fused-ring (bicyclic) bond motifs is 1. The number of benzene rings is 1. The standard InChI is InChI=1S/C16H20N2OS/c19-16(18-8-4-1-5-9-18)11-17-10-13-12-20-15-7-3-2-6-14(13)15/h2-3,6-7,12,17H,1,4-5,8-11H2. The van der Waals surface area contributed by atoms with Crippen LogP contribution < -0.4 is 5.32 Å². The Balaban J connectivity index is 1.53. The van der Waals surface area contributed by atoms with Crippen LogP contribution in [0.3, 0.4) is 0 Å². The van der Waals surface area contributed by atoms with Crippen molar-refractivity contribution in [3.05, 3.63) is 35.2 Å². The van der Waals surface area contributed by atoms with Gasteiger partial charge in [0, 0.05) is 24.3 Å². The van der Waals surface area contributed by atoms with Crippen LogP contribution in [0, 0.1) is 0 Å². The lowest BCUT2D eigenvalue weighted by atomic mass is 10.1. The highest BCUT2D eigenvalue weighted by Crippen LogP contribution is 2.25. The molecule has 1 saturated heterocycles. The van der Waals surface area contributed by atoms with Gasteiger partial charge in [0.25, 0.3) is 0 Å². The highest BCUT2D eigenvalue weighted by atomic mass is 32.1. The molecule has 1 N–H and O–H groups in total. The molecule has 4 heteroatoms. The summed E-state index contributed by atoms with van der Waals surface area (Å²) < 4.78 is 1.31. The van der Waals surface area contributed by atoms with Gasteiger partial charge in [-0.05, 0) is 41.7 Å². The Kier molecular flexibility index (Phi) is 4.33. The second-order valence-electron chi connectivity index (χ2n) is 5.30. The van der Waals surface area contributed by atoms with Gasteiger partial charge in [0.15, 0.2) is 0 Å². The summed E-state index contributed by atoms with van der Waals surface area (Å²) in [5.41, 5.74) is 1.29. The summed E-state index contributed by atoms with van der Waals surface area (Å²) in [5, 5.41) is 6.78. The Bertz CT molecular complexity index is 587. The third-order valence-electron chi connectivity index (χ3n) is 3.86. The predicted molar refractivity (Wildman–Crippen MR) is 84.0 cm³/mol. The number of thiophene rings is 1. The van der Waals surface area contributed by atoms with E-state index >= 15 is 0 Å². The zero-order chi connectivity index (χ0) is 13.8. The van der Waals surface area contributed by atoms with Crippen molar-refractivity contribution in [1.29, 1.82) is 0 Å². The minimum absolute atomic E-state index is 0.240. The zero-order valence-corrected chi connectivity index (χ0v) is 12.4. The third-order valence-corrected chi connectivity index (χ3v) is 4.87. The summed E-state index contributed by atoms with van der Waals surface area (Å²) in [7, 11) is 0. The summed E-state index contributed by atoms with van der Waals surface area (Å²) >= 11 is 1.77. The third kappa shape index (κ3) is 3.02. The molecule has 2 heterocycles. The molecular formula is C16H20N2OS. The van der Waals surface area contributed by atoms with Gasteiger partial charge in [-0.15, -0.1) is 11.3 Å². The van der Waals surface area contributed by atoms with Crippen LogP contribution in [0.25, 0.3) is 10.1 Å². The van der Waals surface area contributed by atoms with Gasteiger partial charge in [-0.25, -0.2) is 0 Å². The van der Waals surface area contributed by atoms with Crippen LogP contribution in [0.2, 0.25) is 0 Å². The molecule has 2 aromatic rings. The second kappa shape index (κ2) is 6.37. The van der Waals surface area contributed by atoms with Gasteiger partial charge in [0.05, 0.1) is 6.54 Å². The first-order chi connectivity index (χ1) is 9.84. The van der Waals surface area contributed by atoms with Crippen molar-refractivity contribution in [3.8, 4) is 0 Å². The van der Waals surface area contributed by atoms with Crippen LogP contribution >= 0.6 is 11.3 Å². The molecular weight excluding hydrogens is 268 g/mol. The highest BCUT2D eigenvalue weighted by Gasteiger charge is 2.15. The van der Waals surface area contributed by atoms with Crippen molar-refractivity contribution < 1.29 is 4.79 Å². The molecule has 1 aromatic heterocycles. The number of likely N-dealkylation sites (tertiary alicyclic amines) is 1. The van der Waals surface area contributed by atoms with Gasteiger partial charge in [-0.2, -0.15) is 0 Å². The van der Waals surface area contributed by atoms with Gasteiger partial charge in [-0.3, -0.25) is 4.79 Å². The fourth-order valence-corrected chi connectivity index (χ4v) is 3.69. The maximum absolute atomic E-state index is 12.1. The number of rotatable bonds is 4. The summed E-state index contributed by atoms with van der Waals surface area (Å²) in [6.45, 7) is 3.08. The van der Waals surface area contributed by atoms with E-state index in [4.69, 9.17) is 0 Å². The fraction of sp³-hybridized carbons (Fsp3) is 0.438. The van der Waals surface area contributed by atoms with Crippen molar-refractivity contribution in [2.75, 3.05) is 19.6 Å². The Morgan fingerprint density at radius 2 is 2.00 bits per heavy atom. The largest absolute Gasteiger partial charge is 0.342 e. The van der Waals surface area contributed by atoms with Crippen LogP contribution in [-0.4, -0.2) is 30.4 Å². The van der Waals surface area contributed by atoms with Gasteiger partial charge in [0.2, 0.25) is 5.91 Å². The van der Waals surface area contributed by atoms with Crippen molar-refractivity contribution in [3.63, 3.8) is 0 Å². The smallest absolute Gasteiger partial charge is 0.236 e. The van der Waals surface area contributed by atoms with Crippen LogP contribution in [-0.2, 0) is 11.3 Å². The van der Waals surface area contributed by atoms with E-state index < -0.39 is 0 Å². The second-order valence-corrected chi connectivity index (χ2v) is 6.21. The first-order valence-corrected chi connectivity index (χ1v) is 8.16. The molecule has 0 radical (unpaired) electrons. The molecule has 1 aromatic carbocycles. The average Bonchev–Trinajstić information content (AvgIpc) is 2.92. The number of hydrogen-bond acceptors (Lipinski definition) is 3. The molecule has 0 bridgehead atoms. The topological polar surface area (TPSA) is 32.3 Å². The van der Waals surface area contributed by atoms with Crippen LogP contribution in [0.4, 0.5) is 0 Å². The van der Waals surface area contributed by atoms with Gasteiger partial charge < -0.3 is 10.2 Å². The van der Waals surface area contributed by atoms with Crippen LogP contribution in [0.5, 0.6) is 0 Å². The maximum Gasteiger partial charge on any atom is 0.236 e. The molecule has 0 unspecified atom stereocenters. The molecule has 1 aliphatic heterocycles. The Hall–Kier alpha value is -1.39. The van der Waals surface area contributed by atoms with E-state index in [1.54, 1.807) is 11.3 Å². The fourth-order valence-electron chi connectivity index (χ4n) is 2.73. The van der Waals surface area contributed by atoms with Gasteiger partial charge in [0.1, 0.15) is 0 Å². The lowest BCUT2D eigenvalue weighted by Gasteiger charge is -2.26. The Morgan fingerprint density at radius 3 is 2.85 bits per heavy atom. The molecule has 3 rings (SSSR count). The predicted octanol–water partition coefficient (Wildman–Crippen LogP) is 3.00. The van der Waals surface area contributed by atoms with Crippen molar-refractivity contribution in [2.24, 2.45) is 0 Å². The first-order valence-electron chi connectivity index (χ1n) is 7.28. The molecule has 1 aliphatic rings. The van der Waals surface area contributed by atoms with E-state index in [2.05, 4.69) is 35.0 Å². The molecule has 3 nitrogen and oxygen atoms in total. The van der Waals surface area contributed by atoms with E-state index in [-0.39, 0.29) is 5.91 Å². The molecule has 0 spiro atoms. The van der Waals surface area contributed by atoms with E-state index in [1.807, 2.05) is 4.90 Å². The van der Waals surface area contributed by atoms with Gasteiger partial charge in [-0.1, -0.05) is 18.2 Å². The number of piperidine rings is 1. The van der Waals surface area contributed by atoms with Crippen molar-refractivity contribution in [2.45, 2.75) is 25.8 Å². The summed E-state index contributed by atoms with van der Waals surface area (Å²) in [6.07, 6.45) is 3.57. The maximum atomic E-state index is 12.1.